The number of imide groups is 1. The highest BCUT2D eigenvalue weighted by Crippen LogP contribution is 2.28. The molecule has 1 heterocycles. The first-order valence-corrected chi connectivity index (χ1v) is 9.08. The predicted molar refractivity (Wildman–Crippen MR) is 109 cm³/mol. The van der Waals surface area contributed by atoms with Gasteiger partial charge in [0.05, 0.1) is 36.0 Å². The molecule has 0 saturated carbocycles. The lowest BCUT2D eigenvalue weighted by molar-refractivity contribution is -0.115. The zero-order valence-corrected chi connectivity index (χ0v) is 15.7. The maximum atomic E-state index is 12.6. The number of rotatable bonds is 5. The smallest absolute Gasteiger partial charge is 0.266 e. The van der Waals surface area contributed by atoms with Gasteiger partial charge in [-0.25, -0.2) is 4.90 Å². The molecule has 144 valence electrons. The first-order valence-electron chi connectivity index (χ1n) is 9.08. The average Bonchev–Trinajstić information content (AvgIpc) is 3.00. The third-order valence-corrected chi connectivity index (χ3v) is 4.73. The number of ether oxygens (including phenoxy) is 1. The molecule has 0 fully saturated rings. The van der Waals surface area contributed by atoms with Crippen molar-refractivity contribution < 1.29 is 19.1 Å². The van der Waals surface area contributed by atoms with Crippen molar-refractivity contribution in [1.29, 1.82) is 0 Å². The third-order valence-electron chi connectivity index (χ3n) is 4.73. The van der Waals surface area contributed by atoms with E-state index in [0.29, 0.717) is 28.3 Å². The minimum absolute atomic E-state index is 0.153. The summed E-state index contributed by atoms with van der Waals surface area (Å²) in [6.45, 7) is 0. The number of methoxy groups -OCH3 is 1. The van der Waals surface area contributed by atoms with Crippen molar-refractivity contribution in [3.63, 3.8) is 0 Å². The van der Waals surface area contributed by atoms with E-state index in [9.17, 15) is 14.4 Å². The first-order chi connectivity index (χ1) is 14.1. The number of amides is 3. The van der Waals surface area contributed by atoms with Crippen molar-refractivity contribution in [3.05, 3.63) is 89.5 Å². The van der Waals surface area contributed by atoms with Crippen LogP contribution in [0.15, 0.2) is 72.8 Å². The van der Waals surface area contributed by atoms with Gasteiger partial charge in [-0.1, -0.05) is 36.4 Å². The molecule has 1 aliphatic heterocycles. The van der Waals surface area contributed by atoms with Gasteiger partial charge in [-0.05, 0) is 42.0 Å². The molecule has 0 radical (unpaired) electrons. The summed E-state index contributed by atoms with van der Waals surface area (Å²) in [6.07, 6.45) is 0.153. The van der Waals surface area contributed by atoms with Gasteiger partial charge < -0.3 is 10.1 Å². The number of nitrogens with one attached hydrogen (secondary N) is 1. The Hall–Kier alpha value is -3.93. The lowest BCUT2D eigenvalue weighted by atomic mass is 10.1. The average molecular weight is 386 g/mol. The fraction of sp³-hybridized carbons (Fsp3) is 0.0870. The summed E-state index contributed by atoms with van der Waals surface area (Å²) in [5, 5.41) is 2.82. The Morgan fingerprint density at radius 2 is 1.45 bits per heavy atom. The van der Waals surface area contributed by atoms with E-state index in [0.717, 1.165) is 10.5 Å². The third kappa shape index (κ3) is 3.48. The summed E-state index contributed by atoms with van der Waals surface area (Å²) in [7, 11) is 1.54. The van der Waals surface area contributed by atoms with Gasteiger partial charge in [-0.15, -0.1) is 0 Å². The molecule has 6 heteroatoms. The number of anilines is 2. The molecule has 3 aromatic carbocycles. The summed E-state index contributed by atoms with van der Waals surface area (Å²) in [5.41, 5.74) is 2.64. The Labute approximate surface area is 167 Å². The SMILES string of the molecule is COc1ccccc1NC(=O)Cc1ccc(N2C(=O)c3ccccc3C2=O)cc1. The van der Waals surface area contributed by atoms with Crippen molar-refractivity contribution in [1.82, 2.24) is 0 Å². The Kier molecular flexibility index (Phi) is 4.83. The number of hydrogen-bond acceptors (Lipinski definition) is 4. The number of para-hydroxylation sites is 2. The molecule has 0 unspecified atom stereocenters. The summed E-state index contributed by atoms with van der Waals surface area (Å²) in [4.78, 5) is 38.6. The fourth-order valence-electron chi connectivity index (χ4n) is 3.31. The van der Waals surface area contributed by atoms with Crippen molar-refractivity contribution in [2.75, 3.05) is 17.3 Å². The van der Waals surface area contributed by atoms with Gasteiger partial charge in [0.15, 0.2) is 0 Å². The van der Waals surface area contributed by atoms with Crippen LogP contribution in [-0.4, -0.2) is 24.8 Å². The molecule has 1 N–H and O–H groups in total. The Morgan fingerprint density at radius 1 is 0.862 bits per heavy atom. The maximum Gasteiger partial charge on any atom is 0.266 e. The normalized spacial score (nSPS) is 12.7. The molecule has 0 saturated heterocycles. The number of fused-ring (bicyclic) bond motifs is 1. The second-order valence-electron chi connectivity index (χ2n) is 6.58. The summed E-state index contributed by atoms with van der Waals surface area (Å²) < 4.78 is 5.23. The van der Waals surface area contributed by atoms with Gasteiger partial charge in [-0.2, -0.15) is 0 Å². The van der Waals surface area contributed by atoms with Crippen molar-refractivity contribution in [2.24, 2.45) is 0 Å². The summed E-state index contributed by atoms with van der Waals surface area (Å²) in [6, 6.07) is 20.8. The number of nitrogens with zero attached hydrogens (tertiary/aromatic N) is 1. The Morgan fingerprint density at radius 3 is 2.07 bits per heavy atom. The molecule has 0 aliphatic carbocycles. The topological polar surface area (TPSA) is 75.7 Å². The van der Waals surface area contributed by atoms with Crippen molar-refractivity contribution in [2.45, 2.75) is 6.42 Å². The molecular formula is C23H18N2O4. The van der Waals surface area contributed by atoms with Gasteiger partial charge in [0, 0.05) is 0 Å². The first kappa shape index (κ1) is 18.4. The van der Waals surface area contributed by atoms with E-state index >= 15 is 0 Å². The van der Waals surface area contributed by atoms with Crippen LogP contribution in [0.1, 0.15) is 26.3 Å². The van der Waals surface area contributed by atoms with E-state index in [4.69, 9.17) is 4.74 Å². The van der Waals surface area contributed by atoms with Gasteiger partial charge in [0.25, 0.3) is 11.8 Å². The quantitative estimate of drug-likeness (QED) is 0.679. The van der Waals surface area contributed by atoms with E-state index in [2.05, 4.69) is 5.32 Å². The second kappa shape index (κ2) is 7.59. The molecule has 4 rings (SSSR count). The van der Waals surface area contributed by atoms with Gasteiger partial charge in [-0.3, -0.25) is 14.4 Å². The monoisotopic (exact) mass is 386 g/mol. The van der Waals surface area contributed by atoms with Crippen LogP contribution in [0, 0.1) is 0 Å². The van der Waals surface area contributed by atoms with Crippen LogP contribution in [0.3, 0.4) is 0 Å². The van der Waals surface area contributed by atoms with Crippen LogP contribution in [0.4, 0.5) is 11.4 Å². The molecular weight excluding hydrogens is 368 g/mol. The lowest BCUT2D eigenvalue weighted by Crippen LogP contribution is -2.29. The number of carbonyl (C=O) groups excluding carboxylic acids is 3. The van der Waals surface area contributed by atoms with E-state index < -0.39 is 0 Å². The minimum atomic E-state index is -0.340. The number of benzene rings is 3. The van der Waals surface area contributed by atoms with E-state index in [1.165, 1.54) is 0 Å². The second-order valence-corrected chi connectivity index (χ2v) is 6.58. The molecule has 6 nitrogen and oxygen atoms in total. The zero-order chi connectivity index (χ0) is 20.4. The minimum Gasteiger partial charge on any atom is -0.495 e. The highest BCUT2D eigenvalue weighted by Gasteiger charge is 2.36. The molecule has 0 aromatic heterocycles. The largest absolute Gasteiger partial charge is 0.495 e. The fourth-order valence-corrected chi connectivity index (χ4v) is 3.31. The Bertz CT molecular complexity index is 1070. The maximum absolute atomic E-state index is 12.6. The lowest BCUT2D eigenvalue weighted by Gasteiger charge is -2.14. The molecule has 0 atom stereocenters. The van der Waals surface area contributed by atoms with Crippen LogP contribution in [0.25, 0.3) is 0 Å². The van der Waals surface area contributed by atoms with Crippen molar-refractivity contribution in [3.8, 4) is 5.75 Å². The standard InChI is InChI=1S/C23H18N2O4/c1-29-20-9-5-4-8-19(20)24-21(26)14-15-10-12-16(13-11-15)25-22(27)17-6-2-3-7-18(17)23(25)28/h2-13H,14H2,1H3,(H,24,26). The zero-order valence-electron chi connectivity index (χ0n) is 15.7. The van der Waals surface area contributed by atoms with Gasteiger partial charge in [0.1, 0.15) is 5.75 Å². The highest BCUT2D eigenvalue weighted by atomic mass is 16.5. The summed E-state index contributed by atoms with van der Waals surface area (Å²) >= 11 is 0. The highest BCUT2D eigenvalue weighted by molar-refractivity contribution is 6.34. The number of carbonyl (C=O) groups is 3. The molecule has 29 heavy (non-hydrogen) atoms. The van der Waals surface area contributed by atoms with Crippen LogP contribution in [-0.2, 0) is 11.2 Å². The van der Waals surface area contributed by atoms with Gasteiger partial charge in [0.2, 0.25) is 5.91 Å². The predicted octanol–water partition coefficient (Wildman–Crippen LogP) is 3.68. The van der Waals surface area contributed by atoms with Crippen LogP contribution in [0.2, 0.25) is 0 Å². The van der Waals surface area contributed by atoms with Crippen molar-refractivity contribution >= 4 is 29.1 Å². The summed E-state index contributed by atoms with van der Waals surface area (Å²) in [5.74, 6) is -0.288. The van der Waals surface area contributed by atoms with E-state index in [-0.39, 0.29) is 24.1 Å². The van der Waals surface area contributed by atoms with E-state index in [1.54, 1.807) is 67.8 Å². The number of hydrogen-bond donors (Lipinski definition) is 1. The van der Waals surface area contributed by atoms with Gasteiger partial charge >= 0.3 is 0 Å². The van der Waals surface area contributed by atoms with E-state index in [1.807, 2.05) is 12.1 Å². The Balaban J connectivity index is 1.47. The van der Waals surface area contributed by atoms with Crippen LogP contribution < -0.4 is 15.0 Å². The molecule has 3 aromatic rings. The van der Waals surface area contributed by atoms with Crippen LogP contribution >= 0.6 is 0 Å². The van der Waals surface area contributed by atoms with Crippen LogP contribution in [0.5, 0.6) is 5.75 Å². The molecule has 1 aliphatic rings. The molecule has 0 spiro atoms. The molecule has 3 amide bonds. The molecule has 0 bridgehead atoms.